The fourth-order valence-corrected chi connectivity index (χ4v) is 3.68. The number of carbonyl (C=O) groups is 1. The minimum absolute atomic E-state index is 0.141. The minimum Gasteiger partial charge on any atom is -0.383 e. The van der Waals surface area contributed by atoms with Gasteiger partial charge in [-0.2, -0.15) is 0 Å². The number of methoxy groups -OCH3 is 1. The molecule has 0 bridgehead atoms. The van der Waals surface area contributed by atoms with E-state index in [1.165, 1.54) is 5.56 Å². The van der Waals surface area contributed by atoms with Crippen molar-refractivity contribution in [1.29, 1.82) is 0 Å². The van der Waals surface area contributed by atoms with E-state index in [4.69, 9.17) is 4.74 Å². The van der Waals surface area contributed by atoms with E-state index >= 15 is 0 Å². The molecule has 2 unspecified atom stereocenters. The van der Waals surface area contributed by atoms with E-state index in [-0.39, 0.29) is 11.3 Å². The van der Waals surface area contributed by atoms with Crippen molar-refractivity contribution in [1.82, 2.24) is 9.80 Å². The quantitative estimate of drug-likeness (QED) is 0.803. The molecule has 2 rings (SSSR count). The summed E-state index contributed by atoms with van der Waals surface area (Å²) in [6.07, 6.45) is 0.550. The van der Waals surface area contributed by atoms with Crippen molar-refractivity contribution in [2.75, 3.05) is 33.4 Å². The minimum atomic E-state index is -0.141. The standard InChI is InChI=1S/C20H32N2O2/c1-16-14-21(15-17(2)22(16)11-12-24-5)19(23)13-20(3,4)18-9-7-6-8-10-18/h6-10,16-17H,11-15H2,1-5H3. The summed E-state index contributed by atoms with van der Waals surface area (Å²) in [6.45, 7) is 12.0. The van der Waals surface area contributed by atoms with Gasteiger partial charge in [0, 0.05) is 45.2 Å². The van der Waals surface area contributed by atoms with Crippen LogP contribution in [0, 0.1) is 0 Å². The highest BCUT2D eigenvalue weighted by Gasteiger charge is 2.34. The number of rotatable bonds is 6. The lowest BCUT2D eigenvalue weighted by Crippen LogP contribution is -2.59. The molecule has 1 aliphatic heterocycles. The molecule has 1 aromatic carbocycles. The molecule has 24 heavy (non-hydrogen) atoms. The number of nitrogens with zero attached hydrogens (tertiary/aromatic N) is 2. The van der Waals surface area contributed by atoms with Crippen LogP contribution in [-0.4, -0.2) is 61.1 Å². The highest BCUT2D eigenvalue weighted by Crippen LogP contribution is 2.28. The Bertz CT molecular complexity index is 518. The Kier molecular flexibility index (Phi) is 6.41. The van der Waals surface area contributed by atoms with Gasteiger partial charge >= 0.3 is 0 Å². The normalized spacial score (nSPS) is 22.6. The number of benzene rings is 1. The Morgan fingerprint density at radius 3 is 2.29 bits per heavy atom. The number of hydrogen-bond donors (Lipinski definition) is 0. The summed E-state index contributed by atoms with van der Waals surface area (Å²) in [5.41, 5.74) is 1.08. The number of amides is 1. The first kappa shape index (κ1) is 18.9. The van der Waals surface area contributed by atoms with Crippen LogP contribution in [0.1, 0.15) is 39.7 Å². The van der Waals surface area contributed by atoms with Gasteiger partial charge in [0.05, 0.1) is 6.61 Å². The first-order chi connectivity index (χ1) is 11.3. The van der Waals surface area contributed by atoms with Crippen molar-refractivity contribution in [3.05, 3.63) is 35.9 Å². The van der Waals surface area contributed by atoms with Crippen LogP contribution in [0.25, 0.3) is 0 Å². The van der Waals surface area contributed by atoms with Gasteiger partial charge < -0.3 is 9.64 Å². The Balaban J connectivity index is 1.98. The van der Waals surface area contributed by atoms with Gasteiger partial charge in [-0.3, -0.25) is 9.69 Å². The van der Waals surface area contributed by atoms with Crippen molar-refractivity contribution < 1.29 is 9.53 Å². The van der Waals surface area contributed by atoms with Crippen LogP contribution < -0.4 is 0 Å². The molecule has 1 saturated heterocycles. The predicted octanol–water partition coefficient (Wildman–Crippen LogP) is 2.92. The van der Waals surface area contributed by atoms with Gasteiger partial charge in [-0.1, -0.05) is 44.2 Å². The van der Waals surface area contributed by atoms with E-state index in [1.54, 1.807) is 7.11 Å². The van der Waals surface area contributed by atoms with Crippen LogP contribution in [0.3, 0.4) is 0 Å². The van der Waals surface area contributed by atoms with E-state index in [9.17, 15) is 4.79 Å². The van der Waals surface area contributed by atoms with Gasteiger partial charge in [-0.25, -0.2) is 0 Å². The highest BCUT2D eigenvalue weighted by molar-refractivity contribution is 5.78. The second-order valence-electron chi connectivity index (χ2n) is 7.65. The molecular weight excluding hydrogens is 300 g/mol. The van der Waals surface area contributed by atoms with Crippen LogP contribution in [0.15, 0.2) is 30.3 Å². The summed E-state index contributed by atoms with van der Waals surface area (Å²) in [5.74, 6) is 0.258. The lowest BCUT2D eigenvalue weighted by atomic mass is 9.81. The molecule has 0 saturated carbocycles. The van der Waals surface area contributed by atoms with Gasteiger partial charge in [0.2, 0.25) is 5.91 Å². The van der Waals surface area contributed by atoms with E-state index < -0.39 is 0 Å². The SMILES string of the molecule is COCCN1C(C)CN(C(=O)CC(C)(C)c2ccccc2)CC1C. The molecule has 0 N–H and O–H groups in total. The second-order valence-corrected chi connectivity index (χ2v) is 7.65. The molecule has 1 heterocycles. The van der Waals surface area contributed by atoms with Gasteiger partial charge in [0.25, 0.3) is 0 Å². The largest absolute Gasteiger partial charge is 0.383 e. The van der Waals surface area contributed by atoms with Crippen molar-refractivity contribution in [3.63, 3.8) is 0 Å². The smallest absolute Gasteiger partial charge is 0.223 e. The van der Waals surface area contributed by atoms with Crippen molar-refractivity contribution in [2.45, 2.75) is 51.6 Å². The van der Waals surface area contributed by atoms with E-state index in [2.05, 4.69) is 44.7 Å². The lowest BCUT2D eigenvalue weighted by Gasteiger charge is -2.45. The zero-order valence-corrected chi connectivity index (χ0v) is 15.8. The predicted molar refractivity (Wildman–Crippen MR) is 98.2 cm³/mol. The lowest BCUT2D eigenvalue weighted by molar-refractivity contribution is -0.137. The number of ether oxygens (including phenoxy) is 1. The molecular formula is C20H32N2O2. The highest BCUT2D eigenvalue weighted by atomic mass is 16.5. The van der Waals surface area contributed by atoms with Crippen molar-refractivity contribution in [3.8, 4) is 0 Å². The summed E-state index contributed by atoms with van der Waals surface area (Å²) in [4.78, 5) is 17.4. The molecule has 134 valence electrons. The molecule has 1 amide bonds. The van der Waals surface area contributed by atoms with E-state index in [0.717, 1.165) is 26.2 Å². The van der Waals surface area contributed by atoms with Crippen molar-refractivity contribution in [2.24, 2.45) is 0 Å². The molecule has 4 heteroatoms. The summed E-state index contributed by atoms with van der Waals surface area (Å²) in [5, 5.41) is 0. The Morgan fingerprint density at radius 1 is 1.17 bits per heavy atom. The van der Waals surface area contributed by atoms with Gasteiger partial charge in [-0.15, -0.1) is 0 Å². The van der Waals surface area contributed by atoms with E-state index in [1.807, 2.05) is 23.1 Å². The number of piperazine rings is 1. The molecule has 1 aliphatic rings. The number of carbonyl (C=O) groups excluding carboxylic acids is 1. The maximum atomic E-state index is 12.9. The summed E-state index contributed by atoms with van der Waals surface area (Å²) < 4.78 is 5.21. The van der Waals surface area contributed by atoms with Crippen molar-refractivity contribution >= 4 is 5.91 Å². The topological polar surface area (TPSA) is 32.8 Å². The maximum Gasteiger partial charge on any atom is 0.223 e. The summed E-state index contributed by atoms with van der Waals surface area (Å²) in [6, 6.07) is 11.1. The monoisotopic (exact) mass is 332 g/mol. The third-order valence-electron chi connectivity index (χ3n) is 5.16. The third kappa shape index (κ3) is 4.58. The molecule has 1 aromatic rings. The molecule has 1 fully saturated rings. The zero-order chi connectivity index (χ0) is 17.7. The van der Waals surface area contributed by atoms with E-state index in [0.29, 0.717) is 18.5 Å². The van der Waals surface area contributed by atoms with Crippen LogP contribution in [0.5, 0.6) is 0 Å². The molecule has 0 radical (unpaired) electrons. The maximum absolute atomic E-state index is 12.9. The molecule has 0 aromatic heterocycles. The van der Waals surface area contributed by atoms with Crippen LogP contribution >= 0.6 is 0 Å². The third-order valence-corrected chi connectivity index (χ3v) is 5.16. The van der Waals surface area contributed by atoms with Gasteiger partial charge in [-0.05, 0) is 24.8 Å². The fourth-order valence-electron chi connectivity index (χ4n) is 3.68. The molecule has 2 atom stereocenters. The average molecular weight is 332 g/mol. The fraction of sp³-hybridized carbons (Fsp3) is 0.650. The molecule has 4 nitrogen and oxygen atoms in total. The molecule has 0 aliphatic carbocycles. The average Bonchev–Trinajstić information content (AvgIpc) is 2.54. The Labute approximate surface area is 146 Å². The van der Waals surface area contributed by atoms with Crippen LogP contribution in [0.4, 0.5) is 0 Å². The summed E-state index contributed by atoms with van der Waals surface area (Å²) in [7, 11) is 1.74. The van der Waals surface area contributed by atoms with Gasteiger partial charge in [0.1, 0.15) is 0 Å². The van der Waals surface area contributed by atoms with Gasteiger partial charge in [0.15, 0.2) is 0 Å². The first-order valence-corrected chi connectivity index (χ1v) is 8.93. The number of hydrogen-bond acceptors (Lipinski definition) is 3. The second kappa shape index (κ2) is 8.13. The Hall–Kier alpha value is -1.39. The zero-order valence-electron chi connectivity index (χ0n) is 15.8. The Morgan fingerprint density at radius 2 is 1.75 bits per heavy atom. The summed E-state index contributed by atoms with van der Waals surface area (Å²) >= 11 is 0. The van der Waals surface area contributed by atoms with Crippen LogP contribution in [-0.2, 0) is 14.9 Å². The van der Waals surface area contributed by atoms with Crippen LogP contribution in [0.2, 0.25) is 0 Å². The molecule has 0 spiro atoms. The first-order valence-electron chi connectivity index (χ1n) is 8.93.